The van der Waals surface area contributed by atoms with Gasteiger partial charge in [-0.3, -0.25) is 4.99 Å². The van der Waals surface area contributed by atoms with Gasteiger partial charge in [0.05, 0.1) is 17.6 Å². The third kappa shape index (κ3) is 1.55. The summed E-state index contributed by atoms with van der Waals surface area (Å²) in [6.45, 7) is 1.91. The maximum absolute atomic E-state index is 6.77. The van der Waals surface area contributed by atoms with Crippen LogP contribution >= 0.6 is 0 Å². The largest absolute Gasteiger partial charge is 0.359 e. The predicted octanol–water partition coefficient (Wildman–Crippen LogP) is 1.06. The zero-order valence-corrected chi connectivity index (χ0v) is 5.76. The number of nitrogens with zero attached hydrogens (tertiary/aromatic N) is 1. The van der Waals surface area contributed by atoms with Crippen LogP contribution in [0.25, 0.3) is 0 Å². The highest BCUT2D eigenvalue weighted by Gasteiger charge is 1.93. The lowest BCUT2D eigenvalue weighted by atomic mass is 10.4. The fourth-order valence-corrected chi connectivity index (χ4v) is 0.615. The zero-order chi connectivity index (χ0) is 7.40. The van der Waals surface area contributed by atoms with Crippen molar-refractivity contribution in [3.05, 3.63) is 23.7 Å². The molecule has 0 unspecified atom stereocenters. The van der Waals surface area contributed by atoms with E-state index in [2.05, 4.69) is 10.3 Å². The fraction of sp³-hybridized carbons (Fsp3) is 0.143. The van der Waals surface area contributed by atoms with Crippen molar-refractivity contribution in [2.24, 2.45) is 4.99 Å². The summed E-state index contributed by atoms with van der Waals surface area (Å²) in [5, 5.41) is 9.73. The van der Waals surface area contributed by atoms with Crippen molar-refractivity contribution in [2.75, 3.05) is 0 Å². The van der Waals surface area contributed by atoms with Gasteiger partial charge in [0.1, 0.15) is 0 Å². The second kappa shape index (κ2) is 2.96. The molecule has 0 amide bonds. The fourth-order valence-electron chi connectivity index (χ4n) is 0.615. The molecular formula is C7H9N3. The second-order valence-electron chi connectivity index (χ2n) is 1.98. The normalized spacial score (nSPS) is 20.1. The number of hydrogen-bond donors (Lipinski definition) is 2. The number of aliphatic imine (C=N–C) groups is 1. The third-order valence-electron chi connectivity index (χ3n) is 1.12. The lowest BCUT2D eigenvalue weighted by Crippen LogP contribution is -2.10. The van der Waals surface area contributed by atoms with Gasteiger partial charge in [0, 0.05) is 12.4 Å². The van der Waals surface area contributed by atoms with Gasteiger partial charge in [-0.1, -0.05) is 0 Å². The van der Waals surface area contributed by atoms with Crippen LogP contribution in [0.3, 0.4) is 0 Å². The van der Waals surface area contributed by atoms with E-state index in [4.69, 9.17) is 5.41 Å². The molecule has 0 aromatic rings. The highest BCUT2D eigenvalue weighted by atomic mass is 14.9. The van der Waals surface area contributed by atoms with E-state index in [1.807, 2.05) is 6.92 Å². The van der Waals surface area contributed by atoms with Gasteiger partial charge in [-0.2, -0.15) is 0 Å². The first kappa shape index (κ1) is 6.74. The van der Waals surface area contributed by atoms with Crippen molar-refractivity contribution in [1.82, 2.24) is 5.32 Å². The van der Waals surface area contributed by atoms with E-state index >= 15 is 0 Å². The van der Waals surface area contributed by atoms with Crippen LogP contribution in [0, 0.1) is 5.41 Å². The highest BCUT2D eigenvalue weighted by Crippen LogP contribution is 1.99. The summed E-state index contributed by atoms with van der Waals surface area (Å²) < 4.78 is 0. The molecule has 0 spiro atoms. The van der Waals surface area contributed by atoms with E-state index < -0.39 is 0 Å². The van der Waals surface area contributed by atoms with Crippen LogP contribution in [0.2, 0.25) is 0 Å². The maximum atomic E-state index is 6.77. The van der Waals surface area contributed by atoms with E-state index in [1.54, 1.807) is 18.5 Å². The van der Waals surface area contributed by atoms with E-state index in [-0.39, 0.29) is 0 Å². The second-order valence-corrected chi connectivity index (χ2v) is 1.98. The molecular weight excluding hydrogens is 126 g/mol. The molecule has 0 fully saturated rings. The maximum Gasteiger partial charge on any atom is 0.0581 e. The Kier molecular flexibility index (Phi) is 1.99. The van der Waals surface area contributed by atoms with Crippen molar-refractivity contribution in [3.8, 4) is 0 Å². The van der Waals surface area contributed by atoms with Gasteiger partial charge >= 0.3 is 0 Å². The van der Waals surface area contributed by atoms with Gasteiger partial charge < -0.3 is 10.7 Å². The lowest BCUT2D eigenvalue weighted by Gasteiger charge is -2.05. The number of allylic oxidation sites excluding steroid dienone is 3. The molecule has 2 N–H and O–H groups in total. The molecule has 0 saturated heterocycles. The Balaban J connectivity index is 2.69. The molecule has 1 aliphatic heterocycles. The van der Waals surface area contributed by atoms with E-state index in [1.165, 1.54) is 6.21 Å². The first-order valence-corrected chi connectivity index (χ1v) is 3.01. The van der Waals surface area contributed by atoms with Crippen molar-refractivity contribution < 1.29 is 0 Å². The molecule has 1 rings (SSSR count). The molecule has 0 aliphatic carbocycles. The number of rotatable bonds is 1. The average Bonchev–Trinajstić information content (AvgIpc) is 1.95. The lowest BCUT2D eigenvalue weighted by molar-refractivity contribution is 1.07. The summed E-state index contributed by atoms with van der Waals surface area (Å²) in [6.07, 6.45) is 6.37. The summed E-state index contributed by atoms with van der Waals surface area (Å²) in [5.41, 5.74) is 1.79. The Bertz CT molecular complexity index is 223. The van der Waals surface area contributed by atoms with Crippen LogP contribution in [-0.4, -0.2) is 12.4 Å². The average molecular weight is 135 g/mol. The standard InChI is InChI=1S/C7H9N3/c1-6-4-10-7(2-3-8)5-9-6/h2-5,8,10H,1H3/b7-2-,8-3?. The van der Waals surface area contributed by atoms with Crippen LogP contribution in [0.4, 0.5) is 0 Å². The molecule has 3 nitrogen and oxygen atoms in total. The molecule has 0 bridgehead atoms. The van der Waals surface area contributed by atoms with Crippen LogP contribution in [-0.2, 0) is 0 Å². The van der Waals surface area contributed by atoms with Crippen LogP contribution < -0.4 is 5.32 Å². The van der Waals surface area contributed by atoms with E-state index in [9.17, 15) is 0 Å². The van der Waals surface area contributed by atoms with Gasteiger partial charge in [-0.25, -0.2) is 0 Å². The summed E-state index contributed by atoms with van der Waals surface area (Å²) in [4.78, 5) is 4.03. The predicted molar refractivity (Wildman–Crippen MR) is 42.3 cm³/mol. The molecule has 52 valence electrons. The van der Waals surface area contributed by atoms with Gasteiger partial charge in [0.15, 0.2) is 0 Å². The number of hydrogen-bond acceptors (Lipinski definition) is 3. The molecule has 3 heteroatoms. The minimum Gasteiger partial charge on any atom is -0.359 e. The smallest absolute Gasteiger partial charge is 0.0581 e. The summed E-state index contributed by atoms with van der Waals surface area (Å²) >= 11 is 0. The van der Waals surface area contributed by atoms with Crippen molar-refractivity contribution >= 4 is 12.4 Å². The summed E-state index contributed by atoms with van der Waals surface area (Å²) in [5.74, 6) is 0. The minimum absolute atomic E-state index is 0.848. The molecule has 1 aliphatic rings. The van der Waals surface area contributed by atoms with Crippen molar-refractivity contribution in [3.63, 3.8) is 0 Å². The first-order chi connectivity index (χ1) is 4.83. The Morgan fingerprint density at radius 1 is 1.70 bits per heavy atom. The topological polar surface area (TPSA) is 48.2 Å². The van der Waals surface area contributed by atoms with Gasteiger partial charge in [-0.05, 0) is 13.0 Å². The molecule has 0 aromatic heterocycles. The minimum atomic E-state index is 0.848. The quantitative estimate of drug-likeness (QED) is 0.519. The monoisotopic (exact) mass is 135 g/mol. The van der Waals surface area contributed by atoms with Crippen LogP contribution in [0.15, 0.2) is 28.7 Å². The summed E-state index contributed by atoms with van der Waals surface area (Å²) in [6, 6.07) is 0. The van der Waals surface area contributed by atoms with Gasteiger partial charge in [0.25, 0.3) is 0 Å². The zero-order valence-electron chi connectivity index (χ0n) is 5.76. The Morgan fingerprint density at radius 2 is 2.50 bits per heavy atom. The molecule has 1 heterocycles. The first-order valence-electron chi connectivity index (χ1n) is 3.01. The van der Waals surface area contributed by atoms with Gasteiger partial charge in [0.2, 0.25) is 0 Å². The van der Waals surface area contributed by atoms with E-state index in [0.29, 0.717) is 0 Å². The molecule has 10 heavy (non-hydrogen) atoms. The Morgan fingerprint density at radius 3 is 3.00 bits per heavy atom. The van der Waals surface area contributed by atoms with Crippen LogP contribution in [0.1, 0.15) is 6.92 Å². The highest BCUT2D eigenvalue weighted by molar-refractivity contribution is 5.86. The van der Waals surface area contributed by atoms with Crippen molar-refractivity contribution in [1.29, 1.82) is 5.41 Å². The third-order valence-corrected chi connectivity index (χ3v) is 1.12. The van der Waals surface area contributed by atoms with E-state index in [0.717, 1.165) is 11.4 Å². The van der Waals surface area contributed by atoms with Gasteiger partial charge in [-0.15, -0.1) is 0 Å². The van der Waals surface area contributed by atoms with Crippen LogP contribution in [0.5, 0.6) is 0 Å². The summed E-state index contributed by atoms with van der Waals surface area (Å²) in [7, 11) is 0. The molecule has 0 aromatic carbocycles. The molecule has 0 saturated carbocycles. The molecule has 0 atom stereocenters. The molecule has 0 radical (unpaired) electrons. The number of nitrogens with one attached hydrogen (secondary N) is 2. The Hall–Kier alpha value is -1.38. The Labute approximate surface area is 59.7 Å². The van der Waals surface area contributed by atoms with Crippen molar-refractivity contribution in [2.45, 2.75) is 6.92 Å². The SMILES string of the molecule is CC1=CN/C(=C\C=N)C=N1.